The van der Waals surface area contributed by atoms with Gasteiger partial charge >= 0.3 is 5.97 Å². The normalized spacial score (nSPS) is 14.8. The van der Waals surface area contributed by atoms with Crippen molar-refractivity contribution in [3.63, 3.8) is 0 Å². The highest BCUT2D eigenvalue weighted by Gasteiger charge is 2.32. The van der Waals surface area contributed by atoms with Gasteiger partial charge in [-0.3, -0.25) is 19.4 Å². The van der Waals surface area contributed by atoms with Crippen molar-refractivity contribution in [1.82, 2.24) is 16.0 Å². The molecule has 0 fully saturated rings. The van der Waals surface area contributed by atoms with Gasteiger partial charge in [0, 0.05) is 13.0 Å². The van der Waals surface area contributed by atoms with Crippen LogP contribution in [0.2, 0.25) is 0 Å². The number of benzene rings is 1. The predicted octanol–water partition coefficient (Wildman–Crippen LogP) is 0.241. The van der Waals surface area contributed by atoms with Crippen LogP contribution in [0.3, 0.4) is 0 Å². The molecule has 0 aliphatic heterocycles. The number of hydrogen-bond donors (Lipinski definition) is 7. The third-order valence-electron chi connectivity index (χ3n) is 6.33. The van der Waals surface area contributed by atoms with Crippen molar-refractivity contribution in [3.8, 4) is 0 Å². The van der Waals surface area contributed by atoms with Gasteiger partial charge in [-0.1, -0.05) is 64.4 Å². The van der Waals surface area contributed by atoms with Gasteiger partial charge in [-0.2, -0.15) is 0 Å². The van der Waals surface area contributed by atoms with Crippen molar-refractivity contribution in [3.05, 3.63) is 35.9 Å². The third kappa shape index (κ3) is 12.6. The molecule has 12 heteroatoms. The first-order chi connectivity index (χ1) is 18.3. The highest BCUT2D eigenvalue weighted by molar-refractivity contribution is 5.94. The van der Waals surface area contributed by atoms with E-state index in [-0.39, 0.29) is 37.2 Å². The second-order valence-corrected chi connectivity index (χ2v) is 10.2. The number of rotatable bonds is 17. The van der Waals surface area contributed by atoms with Gasteiger partial charge in [-0.25, -0.2) is 4.79 Å². The number of amides is 3. The molecule has 1 aromatic carbocycles. The van der Waals surface area contributed by atoms with Gasteiger partial charge in [-0.05, 0) is 36.7 Å². The fraction of sp³-hybridized carbons (Fsp3) is 0.593. The highest BCUT2D eigenvalue weighted by atomic mass is 16.4. The second-order valence-electron chi connectivity index (χ2n) is 10.2. The molecule has 5 atom stereocenters. The lowest BCUT2D eigenvalue weighted by Crippen LogP contribution is -2.59. The van der Waals surface area contributed by atoms with Crippen LogP contribution in [-0.4, -0.2) is 65.5 Å². The molecule has 0 bridgehead atoms. The lowest BCUT2D eigenvalue weighted by atomic mass is 9.96. The van der Waals surface area contributed by atoms with E-state index in [4.69, 9.17) is 17.2 Å². The minimum atomic E-state index is -1.19. The van der Waals surface area contributed by atoms with Crippen LogP contribution in [0.1, 0.15) is 58.9 Å². The minimum absolute atomic E-state index is 0.0836. The zero-order valence-electron chi connectivity index (χ0n) is 23.4. The number of aliphatic imine (C=N–C) groups is 1. The van der Waals surface area contributed by atoms with Crippen molar-refractivity contribution in [2.75, 3.05) is 6.54 Å². The van der Waals surface area contributed by atoms with Crippen molar-refractivity contribution in [2.45, 2.75) is 84.0 Å². The molecule has 3 amide bonds. The summed E-state index contributed by atoms with van der Waals surface area (Å²) in [6, 6.07) is 4.92. The van der Waals surface area contributed by atoms with E-state index in [9.17, 15) is 24.3 Å². The number of guanidine groups is 1. The van der Waals surface area contributed by atoms with E-state index < -0.39 is 47.9 Å². The number of aliphatic carboxylic acids is 1. The second kappa shape index (κ2) is 17.0. The fourth-order valence-electron chi connectivity index (χ4n) is 3.93. The summed E-state index contributed by atoms with van der Waals surface area (Å²) in [5.41, 5.74) is 17.5. The van der Waals surface area contributed by atoms with Gasteiger partial charge in [0.25, 0.3) is 0 Å². The minimum Gasteiger partial charge on any atom is -0.480 e. The molecule has 0 aliphatic rings. The molecular weight excluding hydrogens is 502 g/mol. The van der Waals surface area contributed by atoms with Crippen LogP contribution in [-0.2, 0) is 25.6 Å². The zero-order chi connectivity index (χ0) is 29.5. The van der Waals surface area contributed by atoms with Crippen LogP contribution < -0.4 is 33.2 Å². The molecule has 1 rings (SSSR count). The summed E-state index contributed by atoms with van der Waals surface area (Å²) >= 11 is 0. The molecule has 12 nitrogen and oxygen atoms in total. The smallest absolute Gasteiger partial charge is 0.326 e. The molecular formula is C27H45N7O5. The maximum Gasteiger partial charge on any atom is 0.326 e. The number of carboxylic acids is 1. The molecule has 39 heavy (non-hydrogen) atoms. The topological polar surface area (TPSA) is 215 Å². The summed E-state index contributed by atoms with van der Waals surface area (Å²) in [5.74, 6) is -3.11. The molecule has 0 saturated heterocycles. The SMILES string of the molecule is CCC(C)C(NC(=O)C(CCCN=C(N)N)NC(=O)C(N)CC(C)C)C(=O)NC(Cc1ccccc1)C(=O)O. The fourth-order valence-corrected chi connectivity index (χ4v) is 3.93. The summed E-state index contributed by atoms with van der Waals surface area (Å²) in [6.07, 6.45) is 1.64. The highest BCUT2D eigenvalue weighted by Crippen LogP contribution is 2.12. The monoisotopic (exact) mass is 547 g/mol. The van der Waals surface area contributed by atoms with Crippen molar-refractivity contribution in [1.29, 1.82) is 0 Å². The number of nitrogens with one attached hydrogen (secondary N) is 3. The quantitative estimate of drug-likeness (QED) is 0.0812. The van der Waals surface area contributed by atoms with Crippen LogP contribution in [0, 0.1) is 11.8 Å². The van der Waals surface area contributed by atoms with Crippen molar-refractivity contribution < 1.29 is 24.3 Å². The van der Waals surface area contributed by atoms with E-state index in [0.717, 1.165) is 5.56 Å². The molecule has 0 heterocycles. The lowest BCUT2D eigenvalue weighted by Gasteiger charge is -2.28. The number of carbonyl (C=O) groups is 4. The average molecular weight is 548 g/mol. The van der Waals surface area contributed by atoms with Crippen LogP contribution in [0.5, 0.6) is 0 Å². The van der Waals surface area contributed by atoms with E-state index in [1.807, 2.05) is 26.8 Å². The summed E-state index contributed by atoms with van der Waals surface area (Å²) in [7, 11) is 0. The first kappa shape index (κ1) is 33.4. The van der Waals surface area contributed by atoms with E-state index in [1.165, 1.54) is 0 Å². The van der Waals surface area contributed by atoms with Crippen LogP contribution >= 0.6 is 0 Å². The maximum absolute atomic E-state index is 13.3. The predicted molar refractivity (Wildman–Crippen MR) is 150 cm³/mol. The van der Waals surface area contributed by atoms with E-state index in [1.54, 1.807) is 31.2 Å². The van der Waals surface area contributed by atoms with Crippen molar-refractivity contribution >= 4 is 29.7 Å². The van der Waals surface area contributed by atoms with E-state index >= 15 is 0 Å². The Kier molecular flexibility index (Phi) is 14.6. The molecule has 0 aromatic heterocycles. The molecule has 0 saturated carbocycles. The number of hydrogen-bond acceptors (Lipinski definition) is 6. The Labute approximate surface area is 230 Å². The molecule has 1 aromatic rings. The van der Waals surface area contributed by atoms with Crippen LogP contribution in [0.4, 0.5) is 0 Å². The van der Waals surface area contributed by atoms with Crippen LogP contribution in [0.25, 0.3) is 0 Å². The standard InChI is InChI=1S/C27H45N7O5/c1-5-17(4)22(25(37)33-21(26(38)39)15-18-10-7-6-8-11-18)34-24(36)20(12-9-13-31-27(29)30)32-23(35)19(28)14-16(2)3/h6-8,10-11,16-17,19-22H,5,9,12-15,28H2,1-4H3,(H,32,35)(H,33,37)(H,34,36)(H,38,39)(H4,29,30,31). The Morgan fingerprint density at radius 3 is 2.08 bits per heavy atom. The van der Waals surface area contributed by atoms with Gasteiger partial charge in [0.15, 0.2) is 5.96 Å². The Hall–Kier alpha value is -3.67. The summed E-state index contributed by atoms with van der Waals surface area (Å²) in [5, 5.41) is 17.7. The molecule has 0 aliphatic carbocycles. The first-order valence-electron chi connectivity index (χ1n) is 13.3. The van der Waals surface area contributed by atoms with E-state index in [0.29, 0.717) is 19.3 Å². The molecule has 0 spiro atoms. The molecule has 218 valence electrons. The maximum atomic E-state index is 13.3. The lowest BCUT2D eigenvalue weighted by molar-refractivity contribution is -0.142. The summed E-state index contributed by atoms with van der Waals surface area (Å²) < 4.78 is 0. The summed E-state index contributed by atoms with van der Waals surface area (Å²) in [6.45, 7) is 7.75. The Morgan fingerprint density at radius 2 is 1.54 bits per heavy atom. The number of nitrogens with zero attached hydrogens (tertiary/aromatic N) is 1. The molecule has 10 N–H and O–H groups in total. The Balaban J connectivity index is 3.06. The van der Waals surface area contributed by atoms with Crippen LogP contribution in [0.15, 0.2) is 35.3 Å². The van der Waals surface area contributed by atoms with Crippen molar-refractivity contribution in [2.24, 2.45) is 34.0 Å². The molecule has 0 radical (unpaired) electrons. The van der Waals surface area contributed by atoms with Gasteiger partial charge in [-0.15, -0.1) is 0 Å². The molecule has 5 unspecified atom stereocenters. The Morgan fingerprint density at radius 1 is 0.923 bits per heavy atom. The largest absolute Gasteiger partial charge is 0.480 e. The van der Waals surface area contributed by atoms with Gasteiger partial charge in [0.05, 0.1) is 6.04 Å². The first-order valence-corrected chi connectivity index (χ1v) is 13.3. The number of carboxylic acid groups (broad SMARTS) is 1. The van der Waals surface area contributed by atoms with Gasteiger partial charge in [0.2, 0.25) is 17.7 Å². The summed E-state index contributed by atoms with van der Waals surface area (Å²) in [4.78, 5) is 55.1. The van der Waals surface area contributed by atoms with Gasteiger partial charge < -0.3 is 38.3 Å². The number of nitrogens with two attached hydrogens (primary N) is 3. The number of carbonyl (C=O) groups excluding carboxylic acids is 3. The zero-order valence-corrected chi connectivity index (χ0v) is 23.4. The van der Waals surface area contributed by atoms with E-state index in [2.05, 4.69) is 20.9 Å². The average Bonchev–Trinajstić information content (AvgIpc) is 2.87. The third-order valence-corrected chi connectivity index (χ3v) is 6.33. The Bertz CT molecular complexity index is 967. The van der Waals surface area contributed by atoms with Gasteiger partial charge in [0.1, 0.15) is 18.1 Å².